The number of carbonyl (C=O) groups excluding carboxylic acids is 1. The van der Waals surface area contributed by atoms with E-state index in [9.17, 15) is 9.59 Å². The molecule has 20 heavy (non-hydrogen) atoms. The topological polar surface area (TPSA) is 66.8 Å². The second-order valence-corrected chi connectivity index (χ2v) is 4.87. The zero-order chi connectivity index (χ0) is 15.3. The van der Waals surface area contributed by atoms with Gasteiger partial charge in [0.25, 0.3) is 5.91 Å². The van der Waals surface area contributed by atoms with Crippen LogP contribution in [0.25, 0.3) is 0 Å². The van der Waals surface area contributed by atoms with E-state index < -0.39 is 18.1 Å². The molecule has 2 atom stereocenters. The fourth-order valence-electron chi connectivity index (χ4n) is 1.85. The van der Waals surface area contributed by atoms with Gasteiger partial charge in [0, 0.05) is 12.1 Å². The largest absolute Gasteiger partial charge is 0.481 e. The third-order valence-electron chi connectivity index (χ3n) is 2.94. The van der Waals surface area contributed by atoms with Crippen molar-refractivity contribution in [3.8, 4) is 5.75 Å². The first-order valence-electron chi connectivity index (χ1n) is 6.28. The Morgan fingerprint density at radius 2 is 2.10 bits per heavy atom. The Morgan fingerprint density at radius 1 is 1.45 bits per heavy atom. The van der Waals surface area contributed by atoms with Crippen molar-refractivity contribution >= 4 is 23.5 Å². The number of carbonyl (C=O) groups is 2. The van der Waals surface area contributed by atoms with Crippen LogP contribution < -0.4 is 4.74 Å². The summed E-state index contributed by atoms with van der Waals surface area (Å²) in [6, 6.07) is 5.84. The van der Waals surface area contributed by atoms with Gasteiger partial charge in [0.1, 0.15) is 11.8 Å². The van der Waals surface area contributed by atoms with Crippen molar-refractivity contribution in [1.29, 1.82) is 0 Å². The number of rotatable bonds is 6. The first-order valence-corrected chi connectivity index (χ1v) is 6.66. The number of benzene rings is 1. The van der Waals surface area contributed by atoms with Crippen LogP contribution in [0.5, 0.6) is 5.75 Å². The van der Waals surface area contributed by atoms with Gasteiger partial charge in [-0.3, -0.25) is 4.79 Å². The summed E-state index contributed by atoms with van der Waals surface area (Å²) in [6.45, 7) is 3.29. The molecule has 1 N–H and O–H groups in total. The molecule has 6 heteroatoms. The molecule has 0 saturated carbocycles. The highest BCUT2D eigenvalue weighted by Gasteiger charge is 2.28. The highest BCUT2D eigenvalue weighted by atomic mass is 35.5. The van der Waals surface area contributed by atoms with Gasteiger partial charge in [-0.25, -0.2) is 4.79 Å². The molecule has 110 valence electrons. The van der Waals surface area contributed by atoms with Crippen LogP contribution in [0.15, 0.2) is 24.3 Å². The lowest BCUT2D eigenvalue weighted by molar-refractivity contribution is -0.151. The standard InChI is InChI=1S/C14H18ClNO4/c1-4-12(14(18)19)16(3)13(17)9(2)20-11-7-5-6-10(15)8-11/h5-9,12H,4H2,1-3H3,(H,18,19). The molecule has 1 aromatic rings. The second kappa shape index (κ2) is 7.14. The molecule has 0 spiro atoms. The lowest BCUT2D eigenvalue weighted by Crippen LogP contribution is -2.47. The molecule has 0 saturated heterocycles. The van der Waals surface area contributed by atoms with E-state index in [-0.39, 0.29) is 5.91 Å². The number of ether oxygens (including phenoxy) is 1. The number of carboxylic acids is 1. The van der Waals surface area contributed by atoms with Gasteiger partial charge in [-0.15, -0.1) is 0 Å². The molecule has 0 aliphatic heterocycles. The molecule has 0 aliphatic carbocycles. The number of hydrogen-bond acceptors (Lipinski definition) is 3. The summed E-state index contributed by atoms with van der Waals surface area (Å²) in [5.74, 6) is -0.951. The molecule has 0 aliphatic rings. The predicted molar refractivity (Wildman–Crippen MR) is 76.0 cm³/mol. The van der Waals surface area contributed by atoms with Crippen molar-refractivity contribution in [3.05, 3.63) is 29.3 Å². The molecule has 0 bridgehead atoms. The molecule has 1 aromatic carbocycles. The van der Waals surface area contributed by atoms with E-state index in [4.69, 9.17) is 21.4 Å². The Balaban J connectivity index is 2.73. The van der Waals surface area contributed by atoms with Crippen molar-refractivity contribution in [2.75, 3.05) is 7.05 Å². The Kier molecular flexibility index (Phi) is 5.82. The minimum Gasteiger partial charge on any atom is -0.481 e. The van der Waals surface area contributed by atoms with E-state index in [0.29, 0.717) is 17.2 Å². The van der Waals surface area contributed by atoms with Crippen LogP contribution in [0.2, 0.25) is 5.02 Å². The van der Waals surface area contributed by atoms with E-state index in [1.54, 1.807) is 38.1 Å². The molecule has 0 aromatic heterocycles. The molecular weight excluding hydrogens is 282 g/mol. The third-order valence-corrected chi connectivity index (χ3v) is 3.18. The quantitative estimate of drug-likeness (QED) is 0.876. The van der Waals surface area contributed by atoms with Gasteiger partial charge >= 0.3 is 5.97 Å². The molecule has 0 radical (unpaired) electrons. The van der Waals surface area contributed by atoms with Gasteiger partial charge in [-0.1, -0.05) is 24.6 Å². The summed E-state index contributed by atoms with van der Waals surface area (Å²) in [5, 5.41) is 9.56. The van der Waals surface area contributed by atoms with Crippen molar-refractivity contribution < 1.29 is 19.4 Å². The highest BCUT2D eigenvalue weighted by molar-refractivity contribution is 6.30. The molecule has 0 heterocycles. The van der Waals surface area contributed by atoms with E-state index in [1.807, 2.05) is 0 Å². The van der Waals surface area contributed by atoms with Crippen molar-refractivity contribution in [2.24, 2.45) is 0 Å². The first-order chi connectivity index (χ1) is 9.36. The summed E-state index contributed by atoms with van der Waals surface area (Å²) in [7, 11) is 1.46. The van der Waals surface area contributed by atoms with Crippen LogP contribution in [0.4, 0.5) is 0 Å². The second-order valence-electron chi connectivity index (χ2n) is 4.43. The molecule has 1 amide bonds. The van der Waals surface area contributed by atoms with Crippen LogP contribution in [-0.2, 0) is 9.59 Å². The lowest BCUT2D eigenvalue weighted by atomic mass is 10.2. The fourth-order valence-corrected chi connectivity index (χ4v) is 2.03. The number of aliphatic carboxylic acids is 1. The maximum Gasteiger partial charge on any atom is 0.326 e. The monoisotopic (exact) mass is 299 g/mol. The summed E-state index contributed by atoms with van der Waals surface area (Å²) < 4.78 is 5.48. The van der Waals surface area contributed by atoms with Gasteiger partial charge < -0.3 is 14.7 Å². The Morgan fingerprint density at radius 3 is 2.60 bits per heavy atom. The van der Waals surface area contributed by atoms with E-state index in [1.165, 1.54) is 11.9 Å². The third kappa shape index (κ3) is 4.13. The average molecular weight is 300 g/mol. The van der Waals surface area contributed by atoms with Gasteiger partial charge in [0.2, 0.25) is 0 Å². The van der Waals surface area contributed by atoms with Gasteiger partial charge in [0.05, 0.1) is 0 Å². The maximum absolute atomic E-state index is 12.1. The number of halogens is 1. The van der Waals surface area contributed by atoms with Crippen molar-refractivity contribution in [3.63, 3.8) is 0 Å². The first kappa shape index (κ1) is 16.3. The number of nitrogens with zero attached hydrogens (tertiary/aromatic N) is 1. The predicted octanol–water partition coefficient (Wildman–Crippen LogP) is 2.43. The Labute approximate surface area is 123 Å². The fraction of sp³-hybridized carbons (Fsp3) is 0.429. The zero-order valence-corrected chi connectivity index (χ0v) is 12.4. The number of hydrogen-bond donors (Lipinski definition) is 1. The van der Waals surface area contributed by atoms with Crippen molar-refractivity contribution in [2.45, 2.75) is 32.4 Å². The van der Waals surface area contributed by atoms with Crippen LogP contribution in [0, 0.1) is 0 Å². The minimum absolute atomic E-state index is 0.335. The SMILES string of the molecule is CCC(C(=O)O)N(C)C(=O)C(C)Oc1cccc(Cl)c1. The highest BCUT2D eigenvalue weighted by Crippen LogP contribution is 2.19. The molecule has 0 fully saturated rings. The smallest absolute Gasteiger partial charge is 0.326 e. The Hall–Kier alpha value is -1.75. The number of carboxylic acid groups (broad SMARTS) is 1. The summed E-state index contributed by atoms with van der Waals surface area (Å²) in [5.41, 5.74) is 0. The van der Waals surface area contributed by atoms with Gasteiger partial charge in [-0.2, -0.15) is 0 Å². The Bertz CT molecular complexity index is 492. The van der Waals surface area contributed by atoms with Gasteiger partial charge in [-0.05, 0) is 31.5 Å². The summed E-state index contributed by atoms with van der Waals surface area (Å²) in [6.07, 6.45) is -0.451. The number of likely N-dealkylation sites (N-methyl/N-ethyl adjacent to an activating group) is 1. The van der Waals surface area contributed by atoms with E-state index in [0.717, 1.165) is 0 Å². The molecule has 1 rings (SSSR count). The van der Waals surface area contributed by atoms with Crippen LogP contribution >= 0.6 is 11.6 Å². The minimum atomic E-state index is -1.03. The maximum atomic E-state index is 12.1. The average Bonchev–Trinajstić information content (AvgIpc) is 2.38. The van der Waals surface area contributed by atoms with Gasteiger partial charge in [0.15, 0.2) is 6.10 Å². The van der Waals surface area contributed by atoms with Crippen LogP contribution in [-0.4, -0.2) is 41.1 Å². The molecule has 2 unspecified atom stereocenters. The number of amides is 1. The van der Waals surface area contributed by atoms with Crippen LogP contribution in [0.1, 0.15) is 20.3 Å². The van der Waals surface area contributed by atoms with E-state index in [2.05, 4.69) is 0 Å². The van der Waals surface area contributed by atoms with E-state index >= 15 is 0 Å². The zero-order valence-electron chi connectivity index (χ0n) is 11.7. The van der Waals surface area contributed by atoms with Crippen LogP contribution in [0.3, 0.4) is 0 Å². The summed E-state index contributed by atoms with van der Waals surface area (Å²) in [4.78, 5) is 24.4. The molecular formula is C14H18ClNO4. The normalized spacial score (nSPS) is 13.4. The van der Waals surface area contributed by atoms with Crippen molar-refractivity contribution in [1.82, 2.24) is 4.90 Å². The summed E-state index contributed by atoms with van der Waals surface area (Å²) >= 11 is 5.83. The lowest BCUT2D eigenvalue weighted by Gasteiger charge is -2.26. The molecule has 5 nitrogen and oxygen atoms in total.